The Hall–Kier alpha value is -1.73. The third kappa shape index (κ3) is 2.24. The lowest BCUT2D eigenvalue weighted by atomic mass is 10.0. The van der Waals surface area contributed by atoms with Crippen molar-refractivity contribution in [2.24, 2.45) is 0 Å². The van der Waals surface area contributed by atoms with Crippen LogP contribution in [0.25, 0.3) is 10.8 Å². The number of fused-ring (bicyclic) bond motifs is 1. The SMILES string of the molecule is Cc1cc(C)c2c(=O)n(C3O[C@H](CO)[C@@H](O)[C@H]3O)ccc2c1. The van der Waals surface area contributed by atoms with Gasteiger partial charge in [-0.2, -0.15) is 0 Å². The van der Waals surface area contributed by atoms with E-state index in [0.29, 0.717) is 5.39 Å². The summed E-state index contributed by atoms with van der Waals surface area (Å²) in [6.45, 7) is 3.40. The van der Waals surface area contributed by atoms with Crippen LogP contribution in [0.3, 0.4) is 0 Å². The Kier molecular flexibility index (Phi) is 3.78. The third-order valence-corrected chi connectivity index (χ3v) is 4.16. The molecule has 1 saturated heterocycles. The van der Waals surface area contributed by atoms with Crippen LogP contribution < -0.4 is 5.56 Å². The van der Waals surface area contributed by atoms with E-state index in [4.69, 9.17) is 9.84 Å². The van der Waals surface area contributed by atoms with Crippen LogP contribution in [0, 0.1) is 13.8 Å². The van der Waals surface area contributed by atoms with Gasteiger partial charge < -0.3 is 20.1 Å². The molecule has 0 aliphatic carbocycles. The second-order valence-corrected chi connectivity index (χ2v) is 5.80. The van der Waals surface area contributed by atoms with E-state index in [0.717, 1.165) is 16.5 Å². The molecule has 1 aromatic carbocycles. The predicted molar refractivity (Wildman–Crippen MR) is 80.7 cm³/mol. The molecule has 2 aromatic rings. The van der Waals surface area contributed by atoms with Gasteiger partial charge in [0.25, 0.3) is 5.56 Å². The summed E-state index contributed by atoms with van der Waals surface area (Å²) in [5.41, 5.74) is 1.63. The van der Waals surface area contributed by atoms with E-state index in [1.807, 2.05) is 26.0 Å². The van der Waals surface area contributed by atoms with Crippen molar-refractivity contribution < 1.29 is 20.1 Å². The van der Waals surface area contributed by atoms with Gasteiger partial charge in [-0.15, -0.1) is 0 Å². The number of hydrogen-bond donors (Lipinski definition) is 3. The van der Waals surface area contributed by atoms with Crippen molar-refractivity contribution in [3.05, 3.63) is 45.9 Å². The van der Waals surface area contributed by atoms with Crippen LogP contribution in [0.15, 0.2) is 29.2 Å². The van der Waals surface area contributed by atoms with Crippen LogP contribution in [-0.4, -0.2) is 44.8 Å². The molecule has 3 rings (SSSR count). The highest BCUT2D eigenvalue weighted by Crippen LogP contribution is 2.29. The van der Waals surface area contributed by atoms with Gasteiger partial charge in [0.2, 0.25) is 0 Å². The summed E-state index contributed by atoms with van der Waals surface area (Å²) in [6.07, 6.45) is -2.86. The van der Waals surface area contributed by atoms with Crippen LogP contribution >= 0.6 is 0 Å². The van der Waals surface area contributed by atoms with Crippen LogP contribution in [0.5, 0.6) is 0 Å². The van der Waals surface area contributed by atoms with E-state index in [1.54, 1.807) is 12.3 Å². The van der Waals surface area contributed by atoms with Crippen molar-refractivity contribution in [3.63, 3.8) is 0 Å². The Morgan fingerprint density at radius 1 is 1.23 bits per heavy atom. The zero-order chi connectivity index (χ0) is 16.0. The van der Waals surface area contributed by atoms with E-state index < -0.39 is 31.1 Å². The van der Waals surface area contributed by atoms with Gasteiger partial charge in [0.15, 0.2) is 6.23 Å². The minimum Gasteiger partial charge on any atom is -0.394 e. The van der Waals surface area contributed by atoms with Gasteiger partial charge >= 0.3 is 0 Å². The van der Waals surface area contributed by atoms with Crippen LogP contribution in [-0.2, 0) is 4.74 Å². The number of ether oxygens (including phenoxy) is 1. The number of aromatic nitrogens is 1. The summed E-state index contributed by atoms with van der Waals surface area (Å²) in [6, 6.07) is 5.63. The highest BCUT2D eigenvalue weighted by atomic mass is 16.6. The van der Waals surface area contributed by atoms with Gasteiger partial charge in [0.1, 0.15) is 18.3 Å². The van der Waals surface area contributed by atoms with E-state index in [1.165, 1.54) is 4.57 Å². The van der Waals surface area contributed by atoms with Gasteiger partial charge in [-0.05, 0) is 30.9 Å². The molecule has 6 heteroatoms. The van der Waals surface area contributed by atoms with Gasteiger partial charge in [-0.1, -0.05) is 17.7 Å². The summed E-state index contributed by atoms with van der Waals surface area (Å²) in [7, 11) is 0. The van der Waals surface area contributed by atoms with Crippen molar-refractivity contribution in [2.45, 2.75) is 38.4 Å². The minimum atomic E-state index is -1.27. The molecule has 0 bridgehead atoms. The van der Waals surface area contributed by atoms with Crippen LogP contribution in [0.2, 0.25) is 0 Å². The highest BCUT2D eigenvalue weighted by Gasteiger charge is 2.43. The maximum absolute atomic E-state index is 12.7. The maximum Gasteiger partial charge on any atom is 0.260 e. The van der Waals surface area contributed by atoms with Crippen LogP contribution in [0.4, 0.5) is 0 Å². The second kappa shape index (κ2) is 5.48. The topological polar surface area (TPSA) is 91.9 Å². The molecule has 1 aliphatic rings. The molecule has 1 fully saturated rings. The van der Waals surface area contributed by atoms with Crippen molar-refractivity contribution in [3.8, 4) is 0 Å². The Balaban J connectivity index is 2.13. The van der Waals surface area contributed by atoms with Gasteiger partial charge in [0, 0.05) is 6.20 Å². The first kappa shape index (κ1) is 15.2. The fraction of sp³-hybridized carbons (Fsp3) is 0.438. The Bertz CT molecular complexity index is 769. The highest BCUT2D eigenvalue weighted by molar-refractivity contribution is 5.85. The number of pyridine rings is 1. The molecule has 0 saturated carbocycles. The zero-order valence-corrected chi connectivity index (χ0v) is 12.4. The zero-order valence-electron chi connectivity index (χ0n) is 12.4. The van der Waals surface area contributed by atoms with Crippen molar-refractivity contribution in [2.75, 3.05) is 6.61 Å². The quantitative estimate of drug-likeness (QED) is 0.739. The predicted octanol–water partition coefficient (Wildman–Crippen LogP) is 0.230. The number of hydrogen-bond acceptors (Lipinski definition) is 5. The number of aryl methyl sites for hydroxylation is 2. The van der Waals surface area contributed by atoms with E-state index in [9.17, 15) is 15.0 Å². The summed E-state index contributed by atoms with van der Waals surface area (Å²) in [5.74, 6) is 0. The molecule has 6 nitrogen and oxygen atoms in total. The second-order valence-electron chi connectivity index (χ2n) is 5.80. The molecule has 22 heavy (non-hydrogen) atoms. The molecule has 0 amide bonds. The van der Waals surface area contributed by atoms with Crippen LogP contribution in [0.1, 0.15) is 17.4 Å². The van der Waals surface area contributed by atoms with E-state index in [-0.39, 0.29) is 5.56 Å². The van der Waals surface area contributed by atoms with E-state index in [2.05, 4.69) is 0 Å². The van der Waals surface area contributed by atoms with Crippen molar-refractivity contribution in [1.29, 1.82) is 0 Å². The maximum atomic E-state index is 12.7. The number of aliphatic hydroxyl groups is 3. The molecule has 4 atom stereocenters. The van der Waals surface area contributed by atoms with Crippen molar-refractivity contribution in [1.82, 2.24) is 4.57 Å². The molecular formula is C16H19NO5. The fourth-order valence-electron chi connectivity index (χ4n) is 3.09. The average molecular weight is 305 g/mol. The first-order chi connectivity index (χ1) is 10.4. The molecule has 0 radical (unpaired) electrons. The standard InChI is InChI=1S/C16H19NO5/c1-8-5-9(2)12-10(6-8)3-4-17(15(12)21)16-14(20)13(19)11(7-18)22-16/h3-6,11,13-14,16,18-20H,7H2,1-2H3/t11-,13-,14-,16?/m1/s1. The first-order valence-corrected chi connectivity index (χ1v) is 7.18. The Morgan fingerprint density at radius 2 is 1.95 bits per heavy atom. The summed E-state index contributed by atoms with van der Waals surface area (Å²) in [4.78, 5) is 12.7. The summed E-state index contributed by atoms with van der Waals surface area (Å²) >= 11 is 0. The molecule has 118 valence electrons. The van der Waals surface area contributed by atoms with Crippen molar-refractivity contribution >= 4 is 10.8 Å². The smallest absolute Gasteiger partial charge is 0.260 e. The number of benzene rings is 1. The minimum absolute atomic E-state index is 0.287. The summed E-state index contributed by atoms with van der Waals surface area (Å²) in [5, 5.41) is 30.4. The first-order valence-electron chi connectivity index (χ1n) is 7.18. The van der Waals surface area contributed by atoms with Gasteiger partial charge in [-0.25, -0.2) is 0 Å². The summed E-state index contributed by atoms with van der Waals surface area (Å²) < 4.78 is 6.70. The molecule has 1 unspecified atom stereocenters. The lowest BCUT2D eigenvalue weighted by Gasteiger charge is -2.18. The molecular weight excluding hydrogens is 286 g/mol. The lowest BCUT2D eigenvalue weighted by Crippen LogP contribution is -2.35. The Labute approximate surface area is 127 Å². The third-order valence-electron chi connectivity index (χ3n) is 4.16. The molecule has 1 aliphatic heterocycles. The van der Waals surface area contributed by atoms with Gasteiger partial charge in [-0.3, -0.25) is 9.36 Å². The number of rotatable bonds is 2. The fourth-order valence-corrected chi connectivity index (χ4v) is 3.09. The van der Waals surface area contributed by atoms with Gasteiger partial charge in [0.05, 0.1) is 12.0 Å². The largest absolute Gasteiger partial charge is 0.394 e. The normalized spacial score (nSPS) is 28.4. The average Bonchev–Trinajstić information content (AvgIpc) is 2.75. The molecule has 0 spiro atoms. The lowest BCUT2D eigenvalue weighted by molar-refractivity contribution is -0.0541. The Morgan fingerprint density at radius 3 is 2.59 bits per heavy atom. The number of aliphatic hydroxyl groups excluding tert-OH is 3. The monoisotopic (exact) mass is 305 g/mol. The molecule has 2 heterocycles. The molecule has 3 N–H and O–H groups in total. The molecule has 1 aromatic heterocycles. The number of nitrogens with zero attached hydrogens (tertiary/aromatic N) is 1. The van der Waals surface area contributed by atoms with E-state index >= 15 is 0 Å².